The summed E-state index contributed by atoms with van der Waals surface area (Å²) in [5.41, 5.74) is -0.143. The third-order valence-electron chi connectivity index (χ3n) is 3.91. The number of halogens is 1. The van der Waals surface area contributed by atoms with E-state index in [1.54, 1.807) is 0 Å². The monoisotopic (exact) mass is 279 g/mol. The van der Waals surface area contributed by atoms with Crippen LogP contribution < -0.4 is 0 Å². The van der Waals surface area contributed by atoms with Crippen LogP contribution in [0.5, 0.6) is 0 Å². The van der Waals surface area contributed by atoms with E-state index < -0.39 is 11.5 Å². The van der Waals surface area contributed by atoms with Crippen molar-refractivity contribution in [3.63, 3.8) is 0 Å². The van der Waals surface area contributed by atoms with Gasteiger partial charge in [0.2, 0.25) is 5.91 Å². The van der Waals surface area contributed by atoms with Crippen molar-refractivity contribution < 1.29 is 19.1 Å². The molecule has 0 spiro atoms. The Morgan fingerprint density at radius 1 is 1.45 bits per heavy atom. The molecule has 0 heterocycles. The van der Waals surface area contributed by atoms with Crippen molar-refractivity contribution in [1.29, 1.82) is 0 Å². The smallest absolute Gasteiger partial charge is 0.334 e. The molecular weight excluding hydrogens is 261 g/mol. The Morgan fingerprint density at radius 2 is 2.15 bits per heavy atom. The molecule has 1 amide bonds. The molecule has 0 saturated heterocycles. The van der Waals surface area contributed by atoms with Gasteiger partial charge in [0, 0.05) is 13.5 Å². The molecule has 1 unspecified atom stereocenters. The summed E-state index contributed by atoms with van der Waals surface area (Å²) in [5, 5.41) is 9.74. The zero-order valence-electron chi connectivity index (χ0n) is 11.6. The highest BCUT2D eigenvalue weighted by Crippen LogP contribution is 2.42. The molecule has 0 aliphatic heterocycles. The summed E-state index contributed by atoms with van der Waals surface area (Å²) in [7, 11) is 0. The van der Waals surface area contributed by atoms with Crippen LogP contribution in [-0.4, -0.2) is 28.4 Å². The van der Waals surface area contributed by atoms with Crippen molar-refractivity contribution in [2.24, 2.45) is 0 Å². The Bertz CT molecular complexity index is 558. The first kappa shape index (κ1) is 14.5. The number of aliphatic carboxylic acids is 1. The largest absolute Gasteiger partial charge is 0.479 e. The zero-order valence-corrected chi connectivity index (χ0v) is 11.6. The average Bonchev–Trinajstić information content (AvgIpc) is 2.75. The van der Waals surface area contributed by atoms with Gasteiger partial charge in [-0.2, -0.15) is 0 Å². The fourth-order valence-corrected chi connectivity index (χ4v) is 3.08. The lowest BCUT2D eigenvalue weighted by Crippen LogP contribution is -2.53. The van der Waals surface area contributed by atoms with Crippen molar-refractivity contribution >= 4 is 11.9 Å². The van der Waals surface area contributed by atoms with Crippen molar-refractivity contribution in [3.8, 4) is 0 Å². The number of fused-ring (bicyclic) bond motifs is 1. The van der Waals surface area contributed by atoms with Gasteiger partial charge in [0.15, 0.2) is 5.54 Å². The van der Waals surface area contributed by atoms with Crippen LogP contribution in [0.2, 0.25) is 0 Å². The van der Waals surface area contributed by atoms with Gasteiger partial charge >= 0.3 is 5.97 Å². The van der Waals surface area contributed by atoms with Crippen LogP contribution >= 0.6 is 0 Å². The summed E-state index contributed by atoms with van der Waals surface area (Å²) >= 11 is 0. The molecule has 1 N–H and O–H groups in total. The van der Waals surface area contributed by atoms with Gasteiger partial charge in [0.1, 0.15) is 5.82 Å². The highest BCUT2D eigenvalue weighted by atomic mass is 19.1. The van der Waals surface area contributed by atoms with Gasteiger partial charge in [-0.15, -0.1) is 0 Å². The maximum atomic E-state index is 13.3. The molecule has 0 radical (unpaired) electrons. The van der Waals surface area contributed by atoms with E-state index in [1.165, 1.54) is 30.0 Å². The average molecular weight is 279 g/mol. The van der Waals surface area contributed by atoms with Crippen molar-refractivity contribution in [1.82, 2.24) is 4.90 Å². The van der Waals surface area contributed by atoms with Crippen molar-refractivity contribution in [2.45, 2.75) is 38.6 Å². The molecule has 1 aromatic rings. The lowest BCUT2D eigenvalue weighted by Gasteiger charge is -2.38. The van der Waals surface area contributed by atoms with Gasteiger partial charge in [0.25, 0.3) is 0 Å². The minimum Gasteiger partial charge on any atom is -0.479 e. The number of nitrogens with zero attached hydrogens (tertiary/aromatic N) is 1. The lowest BCUT2D eigenvalue weighted by atomic mass is 9.89. The first-order chi connectivity index (χ1) is 9.43. The molecule has 2 rings (SSSR count). The third kappa shape index (κ3) is 2.07. The number of carboxylic acid groups (broad SMARTS) is 1. The second kappa shape index (κ2) is 5.23. The highest BCUT2D eigenvalue weighted by molar-refractivity contribution is 5.88. The van der Waals surface area contributed by atoms with Crippen LogP contribution in [0.1, 0.15) is 37.8 Å². The fraction of sp³-hybridized carbons (Fsp3) is 0.467. The number of benzene rings is 1. The fourth-order valence-electron chi connectivity index (χ4n) is 3.08. The van der Waals surface area contributed by atoms with Crippen LogP contribution in [0, 0.1) is 5.82 Å². The van der Waals surface area contributed by atoms with Crippen molar-refractivity contribution in [2.75, 3.05) is 6.54 Å². The molecule has 108 valence electrons. The number of hydrogen-bond acceptors (Lipinski definition) is 2. The van der Waals surface area contributed by atoms with E-state index in [2.05, 4.69) is 0 Å². The Balaban J connectivity index is 2.59. The zero-order chi connectivity index (χ0) is 14.9. The van der Waals surface area contributed by atoms with Gasteiger partial charge in [-0.25, -0.2) is 9.18 Å². The number of carbonyl (C=O) groups is 2. The van der Waals surface area contributed by atoms with Crippen LogP contribution in [0.3, 0.4) is 0 Å². The van der Waals surface area contributed by atoms with E-state index >= 15 is 0 Å². The molecule has 20 heavy (non-hydrogen) atoms. The standard InChI is InChI=1S/C15H18FNO3/c1-3-8-17(10(2)18)15(14(19)20)7-6-11-9-12(16)4-5-13(11)15/h4-5,9H,3,6-8H2,1-2H3,(H,19,20). The molecule has 1 atom stereocenters. The number of hydrogen-bond donors (Lipinski definition) is 1. The minimum absolute atomic E-state index is 0.272. The number of rotatable bonds is 4. The predicted molar refractivity (Wildman–Crippen MR) is 71.7 cm³/mol. The van der Waals surface area contributed by atoms with Crippen LogP contribution in [-0.2, 0) is 21.5 Å². The second-order valence-electron chi connectivity index (χ2n) is 5.14. The van der Waals surface area contributed by atoms with E-state index in [-0.39, 0.29) is 11.7 Å². The molecule has 1 aliphatic carbocycles. The molecule has 5 heteroatoms. The number of carboxylic acids is 1. The van der Waals surface area contributed by atoms with Crippen molar-refractivity contribution in [3.05, 3.63) is 35.1 Å². The van der Waals surface area contributed by atoms with E-state index in [4.69, 9.17) is 0 Å². The van der Waals surface area contributed by atoms with Crippen LogP contribution in [0.25, 0.3) is 0 Å². The Kier molecular flexibility index (Phi) is 3.79. The van der Waals surface area contributed by atoms with E-state index in [1.807, 2.05) is 6.92 Å². The number of aryl methyl sites for hydroxylation is 1. The van der Waals surface area contributed by atoms with E-state index in [0.29, 0.717) is 36.9 Å². The molecule has 0 fully saturated rings. The highest BCUT2D eigenvalue weighted by Gasteiger charge is 2.51. The topological polar surface area (TPSA) is 57.6 Å². The molecule has 0 bridgehead atoms. The Morgan fingerprint density at radius 3 is 2.70 bits per heavy atom. The normalized spacial score (nSPS) is 20.6. The first-order valence-electron chi connectivity index (χ1n) is 6.74. The predicted octanol–water partition coefficient (Wildman–Crippen LogP) is 2.31. The number of carbonyl (C=O) groups excluding carboxylic acids is 1. The molecular formula is C15H18FNO3. The van der Waals surface area contributed by atoms with Gasteiger partial charge in [-0.05, 0) is 42.5 Å². The summed E-state index contributed by atoms with van der Waals surface area (Å²) in [5.74, 6) is -1.70. The minimum atomic E-state index is -1.36. The van der Waals surface area contributed by atoms with Gasteiger partial charge < -0.3 is 10.0 Å². The summed E-state index contributed by atoms with van der Waals surface area (Å²) in [4.78, 5) is 25.2. The molecule has 1 aliphatic rings. The third-order valence-corrected chi connectivity index (χ3v) is 3.91. The lowest BCUT2D eigenvalue weighted by molar-refractivity contribution is -0.159. The van der Waals surface area contributed by atoms with Gasteiger partial charge in [-0.3, -0.25) is 4.79 Å². The molecule has 1 aromatic carbocycles. The maximum Gasteiger partial charge on any atom is 0.334 e. The van der Waals surface area contributed by atoms with E-state index in [0.717, 1.165) is 0 Å². The summed E-state index contributed by atoms with van der Waals surface area (Å²) < 4.78 is 13.3. The molecule has 0 saturated carbocycles. The van der Waals surface area contributed by atoms with Gasteiger partial charge in [-0.1, -0.05) is 13.0 Å². The number of amides is 1. The Hall–Kier alpha value is -1.91. The van der Waals surface area contributed by atoms with E-state index in [9.17, 15) is 19.1 Å². The summed E-state index contributed by atoms with van der Waals surface area (Å²) in [6, 6.07) is 4.12. The summed E-state index contributed by atoms with van der Waals surface area (Å²) in [6.45, 7) is 3.65. The van der Waals surface area contributed by atoms with Gasteiger partial charge in [0.05, 0.1) is 0 Å². The SMILES string of the molecule is CCCN(C(C)=O)C1(C(=O)O)CCc2cc(F)ccc21. The van der Waals surface area contributed by atoms with Crippen LogP contribution in [0.4, 0.5) is 4.39 Å². The maximum absolute atomic E-state index is 13.3. The quantitative estimate of drug-likeness (QED) is 0.920. The second-order valence-corrected chi connectivity index (χ2v) is 5.14. The van der Waals surface area contributed by atoms with Crippen LogP contribution in [0.15, 0.2) is 18.2 Å². The summed E-state index contributed by atoms with van der Waals surface area (Å²) in [6.07, 6.45) is 1.43. The first-order valence-corrected chi connectivity index (χ1v) is 6.74. The molecule has 0 aromatic heterocycles. The Labute approximate surface area is 117 Å². The molecule has 4 nitrogen and oxygen atoms in total.